The molecule has 0 bridgehead atoms. The molecule has 0 aromatic heterocycles. The van der Waals surface area contributed by atoms with E-state index in [2.05, 4.69) is 57.1 Å². The van der Waals surface area contributed by atoms with Crippen LogP contribution in [-0.2, 0) is 0 Å². The van der Waals surface area contributed by atoms with Crippen molar-refractivity contribution in [2.45, 2.75) is 32.1 Å². The predicted octanol–water partition coefficient (Wildman–Crippen LogP) is 2.80. The molecule has 0 spiro atoms. The van der Waals surface area contributed by atoms with Gasteiger partial charge in [-0.1, -0.05) is 38.1 Å². The van der Waals surface area contributed by atoms with Gasteiger partial charge in [-0.25, -0.2) is 0 Å². The van der Waals surface area contributed by atoms with E-state index in [1.807, 2.05) is 0 Å². The van der Waals surface area contributed by atoms with Crippen LogP contribution < -0.4 is 5.73 Å². The van der Waals surface area contributed by atoms with Crippen molar-refractivity contribution in [2.75, 3.05) is 27.2 Å². The van der Waals surface area contributed by atoms with Crippen LogP contribution in [0.1, 0.15) is 43.2 Å². The van der Waals surface area contributed by atoms with Crippen LogP contribution in [0.25, 0.3) is 0 Å². The van der Waals surface area contributed by atoms with Gasteiger partial charge in [0.1, 0.15) is 0 Å². The largest absolute Gasteiger partial charge is 0.330 e. The average molecular weight is 234 g/mol. The van der Waals surface area contributed by atoms with Crippen molar-refractivity contribution < 1.29 is 0 Å². The van der Waals surface area contributed by atoms with Gasteiger partial charge in [-0.2, -0.15) is 0 Å². The average Bonchev–Trinajstić information content (AvgIpc) is 2.28. The van der Waals surface area contributed by atoms with Crippen molar-refractivity contribution in [1.29, 1.82) is 0 Å². The normalized spacial score (nSPS) is 13.4. The molecule has 0 saturated heterocycles. The topological polar surface area (TPSA) is 29.3 Å². The van der Waals surface area contributed by atoms with E-state index in [-0.39, 0.29) is 0 Å². The first-order valence-corrected chi connectivity index (χ1v) is 6.49. The lowest BCUT2D eigenvalue weighted by Crippen LogP contribution is -2.22. The minimum Gasteiger partial charge on any atom is -0.330 e. The number of hydrogen-bond donors (Lipinski definition) is 1. The van der Waals surface area contributed by atoms with Gasteiger partial charge in [-0.3, -0.25) is 0 Å². The highest BCUT2D eigenvalue weighted by molar-refractivity contribution is 5.27. The molecule has 2 N–H and O–H groups in total. The Kier molecular flexibility index (Phi) is 5.66. The van der Waals surface area contributed by atoms with E-state index in [0.717, 1.165) is 19.5 Å². The summed E-state index contributed by atoms with van der Waals surface area (Å²) in [6.07, 6.45) is 1.05. The van der Waals surface area contributed by atoms with Crippen LogP contribution in [0.15, 0.2) is 24.3 Å². The summed E-state index contributed by atoms with van der Waals surface area (Å²) >= 11 is 0. The number of nitrogens with zero attached hydrogens (tertiary/aromatic N) is 1. The molecular weight excluding hydrogens is 208 g/mol. The Morgan fingerprint density at radius 2 is 1.59 bits per heavy atom. The van der Waals surface area contributed by atoms with E-state index >= 15 is 0 Å². The fourth-order valence-electron chi connectivity index (χ4n) is 2.16. The van der Waals surface area contributed by atoms with E-state index in [0.29, 0.717) is 11.8 Å². The molecule has 0 heterocycles. The third-order valence-electron chi connectivity index (χ3n) is 3.18. The van der Waals surface area contributed by atoms with Gasteiger partial charge in [0.15, 0.2) is 0 Å². The van der Waals surface area contributed by atoms with Crippen molar-refractivity contribution in [3.05, 3.63) is 35.4 Å². The summed E-state index contributed by atoms with van der Waals surface area (Å²) in [7, 11) is 4.23. The first-order chi connectivity index (χ1) is 8.04. The van der Waals surface area contributed by atoms with E-state index in [4.69, 9.17) is 5.73 Å². The minimum atomic E-state index is 0.552. The molecule has 1 atom stereocenters. The predicted molar refractivity (Wildman–Crippen MR) is 75.5 cm³/mol. The fourth-order valence-corrected chi connectivity index (χ4v) is 2.16. The molecule has 17 heavy (non-hydrogen) atoms. The zero-order valence-corrected chi connectivity index (χ0v) is 11.6. The second-order valence-corrected chi connectivity index (χ2v) is 5.36. The molecule has 0 fully saturated rings. The van der Waals surface area contributed by atoms with Gasteiger partial charge in [-0.05, 0) is 50.0 Å². The van der Waals surface area contributed by atoms with Crippen LogP contribution in [-0.4, -0.2) is 32.1 Å². The molecule has 0 aliphatic heterocycles. The van der Waals surface area contributed by atoms with Crippen LogP contribution in [0.3, 0.4) is 0 Å². The van der Waals surface area contributed by atoms with Gasteiger partial charge < -0.3 is 10.6 Å². The SMILES string of the molecule is CC(C)c1ccc(C(CCN)CN(C)C)cc1. The lowest BCUT2D eigenvalue weighted by molar-refractivity contribution is 0.365. The molecule has 1 aromatic rings. The zero-order valence-electron chi connectivity index (χ0n) is 11.6. The lowest BCUT2D eigenvalue weighted by atomic mass is 9.92. The third kappa shape index (κ3) is 4.49. The lowest BCUT2D eigenvalue weighted by Gasteiger charge is -2.21. The van der Waals surface area contributed by atoms with E-state index in [1.165, 1.54) is 11.1 Å². The molecular formula is C15H26N2. The van der Waals surface area contributed by atoms with E-state index in [1.54, 1.807) is 0 Å². The van der Waals surface area contributed by atoms with Gasteiger partial charge in [-0.15, -0.1) is 0 Å². The molecule has 0 aliphatic carbocycles. The molecule has 2 nitrogen and oxygen atoms in total. The van der Waals surface area contributed by atoms with Crippen LogP contribution >= 0.6 is 0 Å². The smallest absolute Gasteiger partial charge is 0.00446 e. The van der Waals surface area contributed by atoms with E-state index < -0.39 is 0 Å². The molecule has 0 amide bonds. The maximum absolute atomic E-state index is 5.70. The molecule has 1 rings (SSSR count). The Balaban J connectivity index is 2.79. The molecule has 96 valence electrons. The maximum atomic E-state index is 5.70. The summed E-state index contributed by atoms with van der Waals surface area (Å²) < 4.78 is 0. The van der Waals surface area contributed by atoms with Crippen molar-refractivity contribution >= 4 is 0 Å². The zero-order chi connectivity index (χ0) is 12.8. The fraction of sp³-hybridized carbons (Fsp3) is 0.600. The van der Waals surface area contributed by atoms with Crippen LogP contribution in [0.4, 0.5) is 0 Å². The summed E-state index contributed by atoms with van der Waals surface area (Å²) in [4.78, 5) is 2.23. The first kappa shape index (κ1) is 14.2. The summed E-state index contributed by atoms with van der Waals surface area (Å²) in [5, 5.41) is 0. The summed E-state index contributed by atoms with van der Waals surface area (Å²) in [5.41, 5.74) is 8.52. The van der Waals surface area contributed by atoms with Gasteiger partial charge in [0.05, 0.1) is 0 Å². The number of benzene rings is 1. The maximum Gasteiger partial charge on any atom is 0.00446 e. The van der Waals surface area contributed by atoms with Gasteiger partial charge >= 0.3 is 0 Å². The standard InChI is InChI=1S/C15H26N2/c1-12(2)13-5-7-14(8-6-13)15(9-10-16)11-17(3)4/h5-8,12,15H,9-11,16H2,1-4H3. The Bertz CT molecular complexity index is 314. The number of nitrogens with two attached hydrogens (primary N) is 1. The number of likely N-dealkylation sites (N-methyl/N-ethyl adjacent to an activating group) is 1. The monoisotopic (exact) mass is 234 g/mol. The highest BCUT2D eigenvalue weighted by Gasteiger charge is 2.12. The molecule has 1 aromatic carbocycles. The molecule has 0 saturated carbocycles. The minimum absolute atomic E-state index is 0.552. The Labute approximate surface area is 106 Å². The van der Waals surface area contributed by atoms with E-state index in [9.17, 15) is 0 Å². The third-order valence-corrected chi connectivity index (χ3v) is 3.18. The molecule has 0 aliphatic rings. The molecule has 2 heteroatoms. The van der Waals surface area contributed by atoms with Crippen LogP contribution in [0, 0.1) is 0 Å². The number of rotatable bonds is 6. The number of hydrogen-bond acceptors (Lipinski definition) is 2. The van der Waals surface area contributed by atoms with Crippen LogP contribution in [0.5, 0.6) is 0 Å². The molecule has 0 radical (unpaired) electrons. The first-order valence-electron chi connectivity index (χ1n) is 6.49. The van der Waals surface area contributed by atoms with Crippen molar-refractivity contribution in [3.8, 4) is 0 Å². The summed E-state index contributed by atoms with van der Waals surface area (Å²) in [6.45, 7) is 6.28. The summed E-state index contributed by atoms with van der Waals surface area (Å²) in [5.74, 6) is 1.15. The quantitative estimate of drug-likeness (QED) is 0.820. The van der Waals surface area contributed by atoms with Crippen LogP contribution in [0.2, 0.25) is 0 Å². The van der Waals surface area contributed by atoms with Gasteiger partial charge in [0.2, 0.25) is 0 Å². The van der Waals surface area contributed by atoms with Gasteiger partial charge in [0.25, 0.3) is 0 Å². The van der Waals surface area contributed by atoms with Crippen molar-refractivity contribution in [1.82, 2.24) is 4.90 Å². The van der Waals surface area contributed by atoms with Gasteiger partial charge in [0, 0.05) is 6.54 Å². The van der Waals surface area contributed by atoms with Crippen molar-refractivity contribution in [2.24, 2.45) is 5.73 Å². The summed E-state index contributed by atoms with van der Waals surface area (Å²) in [6, 6.07) is 9.02. The second-order valence-electron chi connectivity index (χ2n) is 5.36. The van der Waals surface area contributed by atoms with Crippen molar-refractivity contribution in [3.63, 3.8) is 0 Å². The Morgan fingerprint density at radius 3 is 2.00 bits per heavy atom. The Hall–Kier alpha value is -0.860. The highest BCUT2D eigenvalue weighted by atomic mass is 15.1. The Morgan fingerprint density at radius 1 is 1.06 bits per heavy atom. The second kappa shape index (κ2) is 6.77. The highest BCUT2D eigenvalue weighted by Crippen LogP contribution is 2.22. The molecule has 1 unspecified atom stereocenters.